The monoisotopic (exact) mass is 464 g/mol. The van der Waals surface area contributed by atoms with Crippen molar-refractivity contribution in [1.29, 1.82) is 0 Å². The Morgan fingerprint density at radius 3 is 2.19 bits per heavy atom. The standard InChI is InChI=1S/C23H17Cl2F3N2O/c1-30(19-7-3-2-4-8-19)20-9-5-6-15(10-20)21-14-22(31-29-21,23(26,27)28)16-11-17(24)13-18(25)12-16/h2-13H,14H2,1H3. The first kappa shape index (κ1) is 21.5. The number of para-hydroxylation sites is 1. The van der Waals surface area contributed by atoms with Crippen LogP contribution in [0.4, 0.5) is 24.5 Å². The van der Waals surface area contributed by atoms with Crippen LogP contribution >= 0.6 is 23.2 Å². The third kappa shape index (κ3) is 4.10. The summed E-state index contributed by atoms with van der Waals surface area (Å²) in [6.45, 7) is 0. The number of hydrogen-bond donors (Lipinski definition) is 0. The van der Waals surface area contributed by atoms with Crippen LogP contribution in [0.3, 0.4) is 0 Å². The van der Waals surface area contributed by atoms with Crippen molar-refractivity contribution in [1.82, 2.24) is 0 Å². The molecule has 0 spiro atoms. The van der Waals surface area contributed by atoms with E-state index in [4.69, 9.17) is 28.0 Å². The number of anilines is 2. The van der Waals surface area contributed by atoms with Crippen LogP contribution in [0.1, 0.15) is 17.5 Å². The summed E-state index contributed by atoms with van der Waals surface area (Å²) in [5.74, 6) is 0. The second kappa shape index (κ2) is 8.09. The van der Waals surface area contributed by atoms with Gasteiger partial charge in [-0.3, -0.25) is 0 Å². The zero-order chi connectivity index (χ0) is 22.2. The number of rotatable bonds is 4. The first-order valence-corrected chi connectivity index (χ1v) is 10.1. The average Bonchev–Trinajstić information content (AvgIpc) is 3.20. The lowest BCUT2D eigenvalue weighted by molar-refractivity contribution is -0.275. The summed E-state index contributed by atoms with van der Waals surface area (Å²) in [4.78, 5) is 7.02. The molecule has 8 heteroatoms. The summed E-state index contributed by atoms with van der Waals surface area (Å²) in [6.07, 6.45) is -5.23. The molecule has 0 aromatic heterocycles. The molecule has 3 nitrogen and oxygen atoms in total. The van der Waals surface area contributed by atoms with Gasteiger partial charge < -0.3 is 9.74 Å². The highest BCUT2D eigenvalue weighted by molar-refractivity contribution is 6.34. The molecule has 0 amide bonds. The van der Waals surface area contributed by atoms with Gasteiger partial charge in [-0.2, -0.15) is 13.2 Å². The predicted octanol–water partition coefficient (Wildman–Crippen LogP) is 7.34. The normalized spacial score (nSPS) is 18.5. The molecular weight excluding hydrogens is 448 g/mol. The minimum absolute atomic E-state index is 0.0923. The molecule has 0 radical (unpaired) electrons. The first-order chi connectivity index (χ1) is 14.7. The van der Waals surface area contributed by atoms with Crippen LogP contribution in [-0.4, -0.2) is 18.9 Å². The van der Waals surface area contributed by atoms with E-state index >= 15 is 0 Å². The van der Waals surface area contributed by atoms with Gasteiger partial charge in [-0.15, -0.1) is 0 Å². The van der Waals surface area contributed by atoms with Crippen molar-refractivity contribution in [2.45, 2.75) is 18.2 Å². The number of halogens is 5. The highest BCUT2D eigenvalue weighted by Crippen LogP contribution is 2.49. The lowest BCUT2D eigenvalue weighted by Gasteiger charge is -2.29. The third-order valence-corrected chi connectivity index (χ3v) is 5.66. The number of oxime groups is 1. The summed E-state index contributed by atoms with van der Waals surface area (Å²) in [5, 5.41) is 4.01. The van der Waals surface area contributed by atoms with Crippen LogP contribution in [-0.2, 0) is 10.4 Å². The smallest absolute Gasteiger partial charge is 0.374 e. The zero-order valence-electron chi connectivity index (χ0n) is 16.3. The Labute approximate surface area is 187 Å². The predicted molar refractivity (Wildman–Crippen MR) is 117 cm³/mol. The van der Waals surface area contributed by atoms with Crippen molar-refractivity contribution in [2.24, 2.45) is 5.16 Å². The average molecular weight is 465 g/mol. The molecule has 160 valence electrons. The van der Waals surface area contributed by atoms with Crippen LogP contribution in [0, 0.1) is 0 Å². The van der Waals surface area contributed by atoms with Crippen LogP contribution in [0.2, 0.25) is 10.0 Å². The van der Waals surface area contributed by atoms with Crippen molar-refractivity contribution in [3.05, 3.63) is 94.0 Å². The summed E-state index contributed by atoms with van der Waals surface area (Å²) in [7, 11) is 1.88. The molecule has 0 saturated carbocycles. The van der Waals surface area contributed by atoms with E-state index in [0.29, 0.717) is 5.56 Å². The third-order valence-electron chi connectivity index (χ3n) is 5.23. The van der Waals surface area contributed by atoms with E-state index in [1.54, 1.807) is 18.2 Å². The van der Waals surface area contributed by atoms with Gasteiger partial charge in [-0.05, 0) is 42.5 Å². The van der Waals surface area contributed by atoms with Gasteiger partial charge in [-0.25, -0.2) is 0 Å². The highest BCUT2D eigenvalue weighted by Gasteiger charge is 2.62. The molecule has 3 aromatic rings. The minimum Gasteiger partial charge on any atom is -0.374 e. The molecule has 0 N–H and O–H groups in total. The molecule has 0 bridgehead atoms. The van der Waals surface area contributed by atoms with Gasteiger partial charge in [0, 0.05) is 46.0 Å². The Morgan fingerprint density at radius 1 is 0.903 bits per heavy atom. The Morgan fingerprint density at radius 2 is 1.55 bits per heavy atom. The van der Waals surface area contributed by atoms with Gasteiger partial charge in [0.15, 0.2) is 0 Å². The zero-order valence-corrected chi connectivity index (χ0v) is 17.8. The second-order valence-corrected chi connectivity index (χ2v) is 8.11. The lowest BCUT2D eigenvalue weighted by Crippen LogP contribution is -2.42. The number of nitrogens with zero attached hydrogens (tertiary/aromatic N) is 2. The molecule has 1 aliphatic heterocycles. The van der Waals surface area contributed by atoms with Crippen LogP contribution in [0.5, 0.6) is 0 Å². The molecule has 1 heterocycles. The topological polar surface area (TPSA) is 24.8 Å². The van der Waals surface area contributed by atoms with Gasteiger partial charge in [0.25, 0.3) is 5.60 Å². The van der Waals surface area contributed by atoms with Crippen molar-refractivity contribution in [3.8, 4) is 0 Å². The maximum Gasteiger partial charge on any atom is 0.435 e. The maximum atomic E-state index is 14.2. The van der Waals surface area contributed by atoms with E-state index in [-0.39, 0.29) is 21.3 Å². The summed E-state index contributed by atoms with van der Waals surface area (Å²) in [5.41, 5.74) is -0.354. The Kier molecular flexibility index (Phi) is 5.62. The van der Waals surface area contributed by atoms with Gasteiger partial charge in [0.2, 0.25) is 0 Å². The Hall–Kier alpha value is -2.70. The number of alkyl halides is 3. The van der Waals surface area contributed by atoms with Gasteiger partial charge in [0.05, 0.1) is 5.71 Å². The molecular formula is C23H17Cl2F3N2O. The minimum atomic E-state index is -4.73. The fourth-order valence-corrected chi connectivity index (χ4v) is 4.07. The van der Waals surface area contributed by atoms with E-state index in [2.05, 4.69) is 5.16 Å². The SMILES string of the molecule is CN(c1ccccc1)c1cccc(C2=NOC(c3cc(Cl)cc(Cl)c3)(C(F)(F)F)C2)c1. The van der Waals surface area contributed by atoms with Crippen molar-refractivity contribution in [3.63, 3.8) is 0 Å². The first-order valence-electron chi connectivity index (χ1n) is 9.37. The quantitative estimate of drug-likeness (QED) is 0.403. The Bertz CT molecular complexity index is 1110. The fourth-order valence-electron chi connectivity index (χ4n) is 3.54. The van der Waals surface area contributed by atoms with E-state index in [0.717, 1.165) is 11.4 Å². The van der Waals surface area contributed by atoms with Gasteiger partial charge in [-0.1, -0.05) is 58.7 Å². The second-order valence-electron chi connectivity index (χ2n) is 7.23. The van der Waals surface area contributed by atoms with Crippen LogP contribution < -0.4 is 4.90 Å². The summed E-state index contributed by atoms with van der Waals surface area (Å²) >= 11 is 11.9. The molecule has 1 unspecified atom stereocenters. The Balaban J connectivity index is 1.68. The summed E-state index contributed by atoms with van der Waals surface area (Å²) < 4.78 is 42.6. The van der Waals surface area contributed by atoms with Crippen LogP contribution in [0.15, 0.2) is 78.0 Å². The van der Waals surface area contributed by atoms with E-state index in [1.165, 1.54) is 18.2 Å². The number of hydrogen-bond acceptors (Lipinski definition) is 3. The molecule has 1 atom stereocenters. The van der Waals surface area contributed by atoms with Crippen molar-refractivity contribution < 1.29 is 18.0 Å². The summed E-state index contributed by atoms with van der Waals surface area (Å²) in [6, 6.07) is 20.6. The molecule has 0 saturated heterocycles. The van der Waals surface area contributed by atoms with Crippen LogP contribution in [0.25, 0.3) is 0 Å². The van der Waals surface area contributed by atoms with E-state index in [1.807, 2.05) is 48.3 Å². The molecule has 0 aliphatic carbocycles. The lowest BCUT2D eigenvalue weighted by atomic mass is 9.86. The molecule has 3 aromatic carbocycles. The maximum absolute atomic E-state index is 14.2. The largest absolute Gasteiger partial charge is 0.435 e. The van der Waals surface area contributed by atoms with Crippen molar-refractivity contribution >= 4 is 40.3 Å². The van der Waals surface area contributed by atoms with E-state index in [9.17, 15) is 13.2 Å². The number of benzene rings is 3. The molecule has 4 rings (SSSR count). The van der Waals surface area contributed by atoms with Crippen molar-refractivity contribution in [2.75, 3.05) is 11.9 Å². The van der Waals surface area contributed by atoms with Gasteiger partial charge in [0.1, 0.15) is 0 Å². The van der Waals surface area contributed by atoms with E-state index < -0.39 is 18.2 Å². The van der Waals surface area contributed by atoms with Gasteiger partial charge >= 0.3 is 6.18 Å². The highest BCUT2D eigenvalue weighted by atomic mass is 35.5. The molecule has 0 fully saturated rings. The molecule has 1 aliphatic rings. The fraction of sp³-hybridized carbons (Fsp3) is 0.174. The molecule has 31 heavy (non-hydrogen) atoms.